The van der Waals surface area contributed by atoms with Gasteiger partial charge in [-0.1, -0.05) is 29.3 Å². The van der Waals surface area contributed by atoms with Crippen molar-refractivity contribution in [1.29, 1.82) is 0 Å². The summed E-state index contributed by atoms with van der Waals surface area (Å²) in [5.41, 5.74) is 4.21. The van der Waals surface area contributed by atoms with Gasteiger partial charge in [-0.2, -0.15) is 0 Å². The second-order valence-electron chi connectivity index (χ2n) is 5.34. The van der Waals surface area contributed by atoms with E-state index in [2.05, 4.69) is 0 Å². The summed E-state index contributed by atoms with van der Waals surface area (Å²) in [6, 6.07) is 11.2. The molecular formula is C18H15ClO2. The first-order valence-corrected chi connectivity index (χ1v) is 7.16. The quantitative estimate of drug-likeness (QED) is 0.605. The van der Waals surface area contributed by atoms with Gasteiger partial charge < -0.3 is 4.42 Å². The second-order valence-corrected chi connectivity index (χ2v) is 5.78. The Hall–Kier alpha value is -2.06. The lowest BCUT2D eigenvalue weighted by Crippen LogP contribution is -2.04. The maximum atomic E-state index is 12.8. The molecule has 3 aromatic rings. The highest BCUT2D eigenvalue weighted by Gasteiger charge is 2.20. The van der Waals surface area contributed by atoms with E-state index in [0.29, 0.717) is 21.9 Å². The number of aryl methyl sites for hydroxylation is 3. The Morgan fingerprint density at radius 2 is 1.81 bits per heavy atom. The van der Waals surface area contributed by atoms with E-state index in [1.165, 1.54) is 0 Å². The summed E-state index contributed by atoms with van der Waals surface area (Å²) in [6.45, 7) is 5.80. The normalized spacial score (nSPS) is 11.0. The Bertz CT molecular complexity index is 859. The molecule has 106 valence electrons. The smallest absolute Gasteiger partial charge is 0.228 e. The molecule has 3 rings (SSSR count). The number of fused-ring (bicyclic) bond motifs is 1. The lowest BCUT2D eigenvalue weighted by Gasteiger charge is -2.05. The third kappa shape index (κ3) is 2.36. The van der Waals surface area contributed by atoms with Crippen molar-refractivity contribution in [3.05, 3.63) is 69.4 Å². The molecule has 0 amide bonds. The van der Waals surface area contributed by atoms with Crippen LogP contribution in [0.25, 0.3) is 11.0 Å². The number of carbonyl (C=O) groups is 1. The van der Waals surface area contributed by atoms with Crippen LogP contribution < -0.4 is 0 Å². The predicted octanol–water partition coefficient (Wildman–Crippen LogP) is 5.24. The average Bonchev–Trinajstić information content (AvgIpc) is 2.78. The molecule has 1 heterocycles. The monoisotopic (exact) mass is 298 g/mol. The fraction of sp³-hybridized carbons (Fsp3) is 0.167. The maximum absolute atomic E-state index is 12.8. The van der Waals surface area contributed by atoms with Gasteiger partial charge in [0.05, 0.1) is 0 Å². The van der Waals surface area contributed by atoms with Gasteiger partial charge in [0.1, 0.15) is 5.58 Å². The number of ketones is 1. The molecule has 0 bridgehead atoms. The Morgan fingerprint density at radius 3 is 2.57 bits per heavy atom. The zero-order valence-corrected chi connectivity index (χ0v) is 12.9. The summed E-state index contributed by atoms with van der Waals surface area (Å²) in [5.74, 6) is 0.307. The molecule has 0 radical (unpaired) electrons. The Kier molecular flexibility index (Phi) is 3.34. The van der Waals surface area contributed by atoms with Crippen molar-refractivity contribution in [3.8, 4) is 0 Å². The standard InChI is InChI=1S/C18H15ClO2/c1-10-4-5-11(2)14(8-10)17(20)18-12(3)15-9-13(19)6-7-16(15)21-18/h4-9H,1-3H3. The summed E-state index contributed by atoms with van der Waals surface area (Å²) in [6.07, 6.45) is 0. The number of halogens is 1. The number of hydrogen-bond donors (Lipinski definition) is 0. The highest BCUT2D eigenvalue weighted by molar-refractivity contribution is 6.31. The van der Waals surface area contributed by atoms with E-state index in [0.717, 1.165) is 22.1 Å². The van der Waals surface area contributed by atoms with E-state index in [-0.39, 0.29) is 5.78 Å². The molecule has 21 heavy (non-hydrogen) atoms. The molecule has 1 aromatic heterocycles. The fourth-order valence-corrected chi connectivity index (χ4v) is 2.68. The molecule has 0 fully saturated rings. The molecule has 0 aliphatic heterocycles. The summed E-state index contributed by atoms with van der Waals surface area (Å²) in [4.78, 5) is 12.8. The molecule has 0 aliphatic carbocycles. The Morgan fingerprint density at radius 1 is 1.05 bits per heavy atom. The summed E-state index contributed by atoms with van der Waals surface area (Å²) in [5, 5.41) is 1.52. The molecule has 0 atom stereocenters. The Balaban J connectivity index is 2.18. The van der Waals surface area contributed by atoms with Crippen LogP contribution in [0.15, 0.2) is 40.8 Å². The van der Waals surface area contributed by atoms with Crippen LogP contribution in [0, 0.1) is 20.8 Å². The van der Waals surface area contributed by atoms with Crippen LogP contribution in [-0.4, -0.2) is 5.78 Å². The van der Waals surface area contributed by atoms with E-state index in [1.54, 1.807) is 12.1 Å². The topological polar surface area (TPSA) is 30.2 Å². The van der Waals surface area contributed by atoms with Crippen molar-refractivity contribution >= 4 is 28.4 Å². The van der Waals surface area contributed by atoms with Crippen molar-refractivity contribution < 1.29 is 9.21 Å². The summed E-state index contributed by atoms with van der Waals surface area (Å²) >= 11 is 6.02. The molecule has 0 saturated heterocycles. The molecule has 2 nitrogen and oxygen atoms in total. The van der Waals surface area contributed by atoms with Gasteiger partial charge in [0.2, 0.25) is 5.78 Å². The lowest BCUT2D eigenvalue weighted by molar-refractivity contribution is 0.101. The largest absolute Gasteiger partial charge is 0.452 e. The molecule has 0 N–H and O–H groups in total. The maximum Gasteiger partial charge on any atom is 0.228 e. The SMILES string of the molecule is Cc1ccc(C)c(C(=O)c2oc3ccc(Cl)cc3c2C)c1. The summed E-state index contributed by atoms with van der Waals surface area (Å²) in [7, 11) is 0. The first kappa shape index (κ1) is 13.9. The molecule has 0 spiro atoms. The average molecular weight is 299 g/mol. The number of carbonyl (C=O) groups excluding carboxylic acids is 1. The van der Waals surface area contributed by atoms with Gasteiger partial charge in [-0.05, 0) is 50.6 Å². The lowest BCUT2D eigenvalue weighted by atomic mass is 9.99. The van der Waals surface area contributed by atoms with Crippen LogP contribution in [0.2, 0.25) is 5.02 Å². The molecular weight excluding hydrogens is 284 g/mol. The number of hydrogen-bond acceptors (Lipinski definition) is 2. The highest BCUT2D eigenvalue weighted by atomic mass is 35.5. The third-order valence-electron chi connectivity index (χ3n) is 3.74. The minimum atomic E-state index is -0.0824. The van der Waals surface area contributed by atoms with Crippen molar-refractivity contribution in [1.82, 2.24) is 0 Å². The van der Waals surface area contributed by atoms with Gasteiger partial charge in [0.25, 0.3) is 0 Å². The van der Waals surface area contributed by atoms with Crippen LogP contribution in [-0.2, 0) is 0 Å². The number of benzene rings is 2. The third-order valence-corrected chi connectivity index (χ3v) is 3.98. The van der Waals surface area contributed by atoms with E-state index < -0.39 is 0 Å². The highest BCUT2D eigenvalue weighted by Crippen LogP contribution is 2.30. The van der Waals surface area contributed by atoms with E-state index in [4.69, 9.17) is 16.0 Å². The van der Waals surface area contributed by atoms with Gasteiger partial charge in [0, 0.05) is 21.5 Å². The minimum Gasteiger partial charge on any atom is -0.452 e. The van der Waals surface area contributed by atoms with Crippen LogP contribution in [0.3, 0.4) is 0 Å². The van der Waals surface area contributed by atoms with Crippen molar-refractivity contribution in [2.75, 3.05) is 0 Å². The second kappa shape index (κ2) is 5.05. The zero-order valence-electron chi connectivity index (χ0n) is 12.2. The van der Waals surface area contributed by atoms with Gasteiger partial charge in [-0.25, -0.2) is 0 Å². The molecule has 2 aromatic carbocycles. The van der Waals surface area contributed by atoms with Crippen molar-refractivity contribution in [3.63, 3.8) is 0 Å². The van der Waals surface area contributed by atoms with E-state index in [1.807, 2.05) is 45.0 Å². The Labute approximate surface area is 128 Å². The van der Waals surface area contributed by atoms with Crippen LogP contribution >= 0.6 is 11.6 Å². The summed E-state index contributed by atoms with van der Waals surface area (Å²) < 4.78 is 5.76. The molecule has 3 heteroatoms. The van der Waals surface area contributed by atoms with Gasteiger partial charge in [0.15, 0.2) is 5.76 Å². The minimum absolute atomic E-state index is 0.0824. The van der Waals surface area contributed by atoms with Crippen LogP contribution in [0.4, 0.5) is 0 Å². The van der Waals surface area contributed by atoms with Gasteiger partial charge in [-0.3, -0.25) is 4.79 Å². The van der Waals surface area contributed by atoms with Crippen LogP contribution in [0.1, 0.15) is 32.8 Å². The van der Waals surface area contributed by atoms with E-state index in [9.17, 15) is 4.79 Å². The molecule has 0 aliphatic rings. The van der Waals surface area contributed by atoms with Crippen LogP contribution in [0.5, 0.6) is 0 Å². The molecule has 0 saturated carbocycles. The van der Waals surface area contributed by atoms with Gasteiger partial charge >= 0.3 is 0 Å². The fourth-order valence-electron chi connectivity index (χ4n) is 2.51. The van der Waals surface area contributed by atoms with E-state index >= 15 is 0 Å². The first-order chi connectivity index (χ1) is 9.97. The predicted molar refractivity (Wildman–Crippen MR) is 85.3 cm³/mol. The molecule has 0 unspecified atom stereocenters. The zero-order chi connectivity index (χ0) is 15.1. The number of furan rings is 1. The first-order valence-electron chi connectivity index (χ1n) is 6.78. The van der Waals surface area contributed by atoms with Crippen molar-refractivity contribution in [2.45, 2.75) is 20.8 Å². The number of rotatable bonds is 2. The van der Waals surface area contributed by atoms with Crippen molar-refractivity contribution in [2.24, 2.45) is 0 Å². The van der Waals surface area contributed by atoms with Gasteiger partial charge in [-0.15, -0.1) is 0 Å².